The van der Waals surface area contributed by atoms with Crippen LogP contribution in [0.25, 0.3) is 0 Å². The van der Waals surface area contributed by atoms with Crippen molar-refractivity contribution in [2.45, 2.75) is 19.9 Å². The second-order valence-electron chi connectivity index (χ2n) is 7.19. The summed E-state index contributed by atoms with van der Waals surface area (Å²) in [6.45, 7) is 4.05. The van der Waals surface area contributed by atoms with E-state index in [1.165, 1.54) is 5.56 Å². The van der Waals surface area contributed by atoms with Gasteiger partial charge in [-0.25, -0.2) is 0 Å². The highest BCUT2D eigenvalue weighted by molar-refractivity contribution is 6.05. The van der Waals surface area contributed by atoms with Crippen LogP contribution in [0.5, 0.6) is 0 Å². The first-order valence-corrected chi connectivity index (χ1v) is 10.1. The molecular formula is C24H26N4O3. The molecule has 0 unspecified atom stereocenters. The lowest BCUT2D eigenvalue weighted by molar-refractivity contribution is -0.144. The number of anilines is 1. The molecule has 1 aliphatic heterocycles. The highest BCUT2D eigenvalue weighted by atomic mass is 16.5. The average molecular weight is 418 g/mol. The van der Waals surface area contributed by atoms with Crippen molar-refractivity contribution in [2.24, 2.45) is 10.7 Å². The Labute approximate surface area is 182 Å². The van der Waals surface area contributed by atoms with Crippen molar-refractivity contribution in [2.75, 3.05) is 31.6 Å². The number of ether oxygens (including phenoxy) is 1. The van der Waals surface area contributed by atoms with Gasteiger partial charge in [0.2, 0.25) is 0 Å². The molecule has 0 fully saturated rings. The van der Waals surface area contributed by atoms with E-state index in [-0.39, 0.29) is 25.0 Å². The topological polar surface area (TPSA) is 97.0 Å². The van der Waals surface area contributed by atoms with Crippen molar-refractivity contribution in [1.29, 1.82) is 0 Å². The van der Waals surface area contributed by atoms with E-state index in [0.717, 1.165) is 24.1 Å². The summed E-state index contributed by atoms with van der Waals surface area (Å²) in [5.41, 5.74) is 10.1. The van der Waals surface area contributed by atoms with E-state index in [2.05, 4.69) is 16.2 Å². The quantitative estimate of drug-likeness (QED) is 0.311. The molecule has 0 atom stereocenters. The third-order valence-electron chi connectivity index (χ3n) is 5.00. The van der Waals surface area contributed by atoms with E-state index in [4.69, 9.17) is 16.9 Å². The van der Waals surface area contributed by atoms with Crippen LogP contribution in [0.2, 0.25) is 0 Å². The number of hydrogen-bond donors (Lipinski definition) is 2. The number of nitrogens with two attached hydrogens (primary N) is 1. The molecule has 7 nitrogen and oxygen atoms in total. The fraction of sp³-hybridized carbons (Fsp3) is 0.292. The van der Waals surface area contributed by atoms with Gasteiger partial charge >= 0.3 is 5.97 Å². The van der Waals surface area contributed by atoms with E-state index in [9.17, 15) is 9.59 Å². The molecule has 0 radical (unpaired) electrons. The first kappa shape index (κ1) is 22.1. The van der Waals surface area contributed by atoms with E-state index >= 15 is 0 Å². The Bertz CT molecular complexity index is 1020. The Kier molecular flexibility index (Phi) is 7.41. The second-order valence-corrected chi connectivity index (χ2v) is 7.19. The molecule has 3 rings (SSSR count). The average Bonchev–Trinajstić information content (AvgIpc) is 2.77. The molecule has 2 aromatic carbocycles. The maximum absolute atomic E-state index is 12.7. The Morgan fingerprint density at radius 1 is 1.19 bits per heavy atom. The minimum atomic E-state index is -0.228. The predicted molar refractivity (Wildman–Crippen MR) is 121 cm³/mol. The first-order valence-electron chi connectivity index (χ1n) is 10.1. The third-order valence-corrected chi connectivity index (χ3v) is 5.00. The maximum atomic E-state index is 12.7. The van der Waals surface area contributed by atoms with E-state index < -0.39 is 0 Å². The number of fused-ring (bicyclic) bond motifs is 1. The molecule has 1 heterocycles. The molecule has 3 N–H and O–H groups in total. The number of nitrogens with zero attached hydrogens (tertiary/aromatic N) is 2. The number of hydrogen-bond acceptors (Lipinski definition) is 5. The van der Waals surface area contributed by atoms with Crippen molar-refractivity contribution >= 4 is 23.4 Å². The number of terminal acetylenes is 1. The molecule has 1 aliphatic rings. The third kappa shape index (κ3) is 5.93. The number of carbonyl (C=O) groups is 2. The lowest BCUT2D eigenvalue weighted by Crippen LogP contribution is -2.35. The van der Waals surface area contributed by atoms with Crippen LogP contribution in [0.4, 0.5) is 5.69 Å². The van der Waals surface area contributed by atoms with Crippen LogP contribution in [-0.2, 0) is 22.5 Å². The molecule has 0 saturated carbocycles. The second kappa shape index (κ2) is 10.4. The van der Waals surface area contributed by atoms with Gasteiger partial charge in [-0.1, -0.05) is 12.0 Å². The van der Waals surface area contributed by atoms with Crippen molar-refractivity contribution in [3.8, 4) is 12.3 Å². The molecule has 31 heavy (non-hydrogen) atoms. The SMILES string of the molecule is C#CCN=C(N)c1ccc(NC(=O)c2ccc3c(c2)CN(CC(=O)OCC)CC3)cc1. The zero-order valence-electron chi connectivity index (χ0n) is 17.6. The molecule has 0 bridgehead atoms. The van der Waals surface area contributed by atoms with Gasteiger partial charge in [-0.05, 0) is 60.9 Å². The van der Waals surface area contributed by atoms with Crippen molar-refractivity contribution < 1.29 is 14.3 Å². The molecule has 0 saturated heterocycles. The summed E-state index contributed by atoms with van der Waals surface area (Å²) < 4.78 is 5.03. The monoisotopic (exact) mass is 418 g/mol. The lowest BCUT2D eigenvalue weighted by atomic mass is 9.97. The Morgan fingerprint density at radius 3 is 2.65 bits per heavy atom. The summed E-state index contributed by atoms with van der Waals surface area (Å²) >= 11 is 0. The molecule has 1 amide bonds. The predicted octanol–water partition coefficient (Wildman–Crippen LogP) is 2.20. The number of amides is 1. The number of amidine groups is 1. The molecular weight excluding hydrogens is 392 g/mol. The molecule has 0 aliphatic carbocycles. The fourth-order valence-corrected chi connectivity index (χ4v) is 3.43. The van der Waals surface area contributed by atoms with Gasteiger partial charge in [-0.3, -0.25) is 19.5 Å². The summed E-state index contributed by atoms with van der Waals surface area (Å²) in [5.74, 6) is 2.34. The lowest BCUT2D eigenvalue weighted by Gasteiger charge is -2.28. The highest BCUT2D eigenvalue weighted by Crippen LogP contribution is 2.21. The number of esters is 1. The summed E-state index contributed by atoms with van der Waals surface area (Å²) in [6.07, 6.45) is 6.02. The molecule has 7 heteroatoms. The van der Waals surface area contributed by atoms with Gasteiger partial charge in [-0.15, -0.1) is 6.42 Å². The van der Waals surface area contributed by atoms with Gasteiger partial charge in [0.1, 0.15) is 12.4 Å². The van der Waals surface area contributed by atoms with Gasteiger partial charge in [0, 0.05) is 29.9 Å². The summed E-state index contributed by atoms with van der Waals surface area (Å²) in [6, 6.07) is 12.8. The first-order chi connectivity index (χ1) is 15.0. The number of aliphatic imine (C=N–C) groups is 1. The normalized spacial score (nSPS) is 13.7. The number of nitrogens with one attached hydrogen (secondary N) is 1. The smallest absolute Gasteiger partial charge is 0.320 e. The van der Waals surface area contributed by atoms with E-state index in [0.29, 0.717) is 30.2 Å². The Hall–Kier alpha value is -3.63. The number of rotatable bonds is 7. The van der Waals surface area contributed by atoms with Gasteiger partial charge < -0.3 is 15.8 Å². The van der Waals surface area contributed by atoms with Crippen LogP contribution in [0.15, 0.2) is 47.5 Å². The minimum Gasteiger partial charge on any atom is -0.465 e. The Morgan fingerprint density at radius 2 is 1.94 bits per heavy atom. The van der Waals surface area contributed by atoms with Crippen molar-refractivity contribution in [3.05, 3.63) is 64.7 Å². The molecule has 0 aromatic heterocycles. The van der Waals surface area contributed by atoms with E-state index in [1.54, 1.807) is 31.2 Å². The van der Waals surface area contributed by atoms with Crippen LogP contribution in [0.1, 0.15) is 34.0 Å². The summed E-state index contributed by atoms with van der Waals surface area (Å²) in [4.78, 5) is 30.6. The highest BCUT2D eigenvalue weighted by Gasteiger charge is 2.20. The molecule has 0 spiro atoms. The zero-order chi connectivity index (χ0) is 22.2. The molecule has 2 aromatic rings. The molecule has 160 valence electrons. The minimum absolute atomic E-state index is 0.202. The largest absolute Gasteiger partial charge is 0.465 e. The van der Waals surface area contributed by atoms with Crippen LogP contribution >= 0.6 is 0 Å². The summed E-state index contributed by atoms with van der Waals surface area (Å²) in [7, 11) is 0. The van der Waals surface area contributed by atoms with Crippen LogP contribution in [0.3, 0.4) is 0 Å². The fourth-order valence-electron chi connectivity index (χ4n) is 3.43. The van der Waals surface area contributed by atoms with Gasteiger partial charge in [0.15, 0.2) is 0 Å². The number of carbonyl (C=O) groups excluding carboxylic acids is 2. The maximum Gasteiger partial charge on any atom is 0.320 e. The van der Waals surface area contributed by atoms with Gasteiger partial charge in [-0.2, -0.15) is 0 Å². The summed E-state index contributed by atoms with van der Waals surface area (Å²) in [5, 5.41) is 2.89. The van der Waals surface area contributed by atoms with Crippen LogP contribution in [0, 0.1) is 12.3 Å². The van der Waals surface area contributed by atoms with Crippen molar-refractivity contribution in [3.63, 3.8) is 0 Å². The van der Waals surface area contributed by atoms with E-state index in [1.807, 2.05) is 23.1 Å². The zero-order valence-corrected chi connectivity index (χ0v) is 17.6. The number of benzene rings is 2. The van der Waals surface area contributed by atoms with Gasteiger partial charge in [0.05, 0.1) is 13.2 Å². The van der Waals surface area contributed by atoms with Crippen LogP contribution < -0.4 is 11.1 Å². The van der Waals surface area contributed by atoms with Gasteiger partial charge in [0.25, 0.3) is 5.91 Å². The standard InChI is InChI=1S/C24H26N4O3/c1-3-12-26-23(25)18-7-9-21(10-8-18)27-24(30)19-6-5-17-11-13-28(15-20(17)14-19)16-22(29)31-4-2/h1,5-10,14H,4,11-13,15-16H2,2H3,(H2,25,26)(H,27,30). The van der Waals surface area contributed by atoms with Crippen LogP contribution in [-0.4, -0.2) is 48.9 Å². The van der Waals surface area contributed by atoms with Crippen molar-refractivity contribution in [1.82, 2.24) is 4.90 Å². The Balaban J connectivity index is 1.65.